The second kappa shape index (κ2) is 10.8. The van der Waals surface area contributed by atoms with Crippen LogP contribution in [0.25, 0.3) is 22.8 Å². The summed E-state index contributed by atoms with van der Waals surface area (Å²) in [6, 6.07) is 12.1. The fourth-order valence-electron chi connectivity index (χ4n) is 4.12. The largest absolute Gasteiger partial charge is 0.488 e. The van der Waals surface area contributed by atoms with E-state index in [-0.39, 0.29) is 12.2 Å². The lowest BCUT2D eigenvalue weighted by Crippen LogP contribution is -2.18. The topological polar surface area (TPSA) is 54.1 Å². The molecule has 0 saturated carbocycles. The summed E-state index contributed by atoms with van der Waals surface area (Å²) in [6.07, 6.45) is 2.36. The molecule has 2 aromatic carbocycles. The Labute approximate surface area is 261 Å². The molecule has 0 radical (unpaired) electrons. The number of ether oxygens (including phenoxy) is 2. The van der Waals surface area contributed by atoms with Crippen LogP contribution in [0.2, 0.25) is 0 Å². The van der Waals surface area contributed by atoms with Crippen LogP contribution in [0.3, 0.4) is 0 Å². The molecule has 4 aromatic rings. The summed E-state index contributed by atoms with van der Waals surface area (Å²) >= 11 is 13.9. The summed E-state index contributed by atoms with van der Waals surface area (Å²) in [4.78, 5) is 9.25. The molecule has 2 aromatic heterocycles. The van der Waals surface area contributed by atoms with Gasteiger partial charge in [0.2, 0.25) is 0 Å². The fraction of sp³-hybridized carbons (Fsp3) is 0.250. The van der Waals surface area contributed by atoms with Crippen LogP contribution in [0.1, 0.15) is 13.8 Å². The minimum Gasteiger partial charge on any atom is -0.488 e. The van der Waals surface area contributed by atoms with Gasteiger partial charge in [0.25, 0.3) is 0 Å². The van der Waals surface area contributed by atoms with Crippen LogP contribution < -0.4 is 9.47 Å². The number of aromatic nitrogens is 4. The van der Waals surface area contributed by atoms with Gasteiger partial charge in [-0.25, -0.2) is 9.97 Å². The third-order valence-electron chi connectivity index (χ3n) is 5.53. The predicted molar refractivity (Wildman–Crippen MR) is 169 cm³/mol. The summed E-state index contributed by atoms with van der Waals surface area (Å²) in [5, 5.41) is 0. The van der Waals surface area contributed by atoms with Gasteiger partial charge >= 0.3 is 0 Å². The molecular formula is C24H19Br2I3N4O2. The SMILES string of the molecule is CC1Cn2c(nc(I)c2I)-c2cc(Br)ccc2O1.CC1Cn2cc(I)nc2-c2cc(Br)ccc2O1. The first kappa shape index (κ1) is 26.2. The summed E-state index contributed by atoms with van der Waals surface area (Å²) in [7, 11) is 0. The number of fused-ring (bicyclic) bond motifs is 6. The number of imidazole rings is 2. The van der Waals surface area contributed by atoms with E-state index in [4.69, 9.17) is 9.47 Å². The number of hydrogen-bond donors (Lipinski definition) is 0. The highest BCUT2D eigenvalue weighted by Gasteiger charge is 2.24. The molecule has 2 aliphatic heterocycles. The maximum atomic E-state index is 5.96. The number of halogens is 5. The molecule has 0 saturated heterocycles. The van der Waals surface area contributed by atoms with Gasteiger partial charge < -0.3 is 18.6 Å². The summed E-state index contributed by atoms with van der Waals surface area (Å²) in [5.41, 5.74) is 2.10. The second-order valence-corrected chi connectivity index (χ2v) is 13.3. The Bertz CT molecular complexity index is 1420. The Balaban J connectivity index is 0.000000145. The van der Waals surface area contributed by atoms with Gasteiger partial charge in [0.15, 0.2) is 0 Å². The summed E-state index contributed by atoms with van der Waals surface area (Å²) in [6.45, 7) is 5.82. The van der Waals surface area contributed by atoms with Crippen molar-refractivity contribution >= 4 is 99.6 Å². The normalized spacial score (nSPS) is 17.8. The molecule has 6 nitrogen and oxygen atoms in total. The fourth-order valence-corrected chi connectivity index (χ4v) is 6.47. The molecule has 11 heteroatoms. The van der Waals surface area contributed by atoms with E-state index in [1.165, 1.54) is 3.70 Å². The van der Waals surface area contributed by atoms with E-state index in [0.29, 0.717) is 0 Å². The molecule has 6 rings (SSSR count). The Morgan fingerprint density at radius 1 is 0.829 bits per heavy atom. The molecule has 4 heterocycles. The Morgan fingerprint density at radius 2 is 1.40 bits per heavy atom. The Kier molecular flexibility index (Phi) is 8.07. The molecule has 0 bridgehead atoms. The number of hydrogen-bond acceptors (Lipinski definition) is 4. The quantitative estimate of drug-likeness (QED) is 0.168. The van der Waals surface area contributed by atoms with Crippen molar-refractivity contribution in [3.63, 3.8) is 0 Å². The minimum atomic E-state index is 0.143. The van der Waals surface area contributed by atoms with Gasteiger partial charge in [0.1, 0.15) is 46.5 Å². The average molecular weight is 936 g/mol. The van der Waals surface area contributed by atoms with Gasteiger partial charge in [0.05, 0.1) is 24.2 Å². The smallest absolute Gasteiger partial charge is 0.145 e. The first-order chi connectivity index (χ1) is 16.7. The van der Waals surface area contributed by atoms with Gasteiger partial charge in [-0.15, -0.1) is 0 Å². The molecule has 2 unspecified atom stereocenters. The van der Waals surface area contributed by atoms with Crippen molar-refractivity contribution in [1.82, 2.24) is 19.1 Å². The van der Waals surface area contributed by atoms with Crippen LogP contribution in [0.4, 0.5) is 0 Å². The molecule has 0 N–H and O–H groups in total. The van der Waals surface area contributed by atoms with Crippen LogP contribution in [0.5, 0.6) is 11.5 Å². The zero-order valence-corrected chi connectivity index (χ0v) is 28.3. The van der Waals surface area contributed by atoms with E-state index in [1.807, 2.05) is 24.3 Å². The van der Waals surface area contributed by atoms with Crippen molar-refractivity contribution in [3.05, 3.63) is 62.6 Å². The monoisotopic (exact) mass is 934 g/mol. The van der Waals surface area contributed by atoms with Crippen LogP contribution in [-0.2, 0) is 13.1 Å². The molecule has 35 heavy (non-hydrogen) atoms. The lowest BCUT2D eigenvalue weighted by molar-refractivity contribution is 0.205. The zero-order valence-electron chi connectivity index (χ0n) is 18.6. The van der Waals surface area contributed by atoms with E-state index in [0.717, 1.165) is 63.7 Å². The van der Waals surface area contributed by atoms with E-state index in [2.05, 4.69) is 151 Å². The van der Waals surface area contributed by atoms with E-state index < -0.39 is 0 Å². The van der Waals surface area contributed by atoms with Gasteiger partial charge in [-0.1, -0.05) is 31.9 Å². The molecule has 2 aliphatic rings. The number of benzene rings is 2. The third-order valence-corrected chi connectivity index (χ3v) is 9.91. The van der Waals surface area contributed by atoms with Crippen molar-refractivity contribution in [2.75, 3.05) is 0 Å². The average Bonchev–Trinajstić information content (AvgIpc) is 3.20. The van der Waals surface area contributed by atoms with Gasteiger partial charge in [-0.05, 0) is 118 Å². The molecule has 0 fully saturated rings. The van der Waals surface area contributed by atoms with Crippen molar-refractivity contribution in [1.29, 1.82) is 0 Å². The Hall–Kier alpha value is -0.390. The first-order valence-electron chi connectivity index (χ1n) is 10.8. The van der Waals surface area contributed by atoms with Gasteiger partial charge in [-0.2, -0.15) is 0 Å². The molecule has 2 atom stereocenters. The third kappa shape index (κ3) is 5.58. The Morgan fingerprint density at radius 3 is 2.03 bits per heavy atom. The predicted octanol–water partition coefficient (Wildman–Crippen LogP) is 8.00. The minimum absolute atomic E-state index is 0.143. The molecule has 0 spiro atoms. The summed E-state index contributed by atoms with van der Waals surface area (Å²) < 4.78 is 21.6. The van der Waals surface area contributed by atoms with Crippen molar-refractivity contribution < 1.29 is 9.47 Å². The summed E-state index contributed by atoms with van der Waals surface area (Å²) in [5.74, 6) is 3.78. The van der Waals surface area contributed by atoms with E-state index in [1.54, 1.807) is 0 Å². The van der Waals surface area contributed by atoms with Crippen LogP contribution in [-0.4, -0.2) is 31.3 Å². The standard InChI is InChI=1S/C12H9BrI2N2O.C12H10BrIN2O/c1-6-5-17-11(15)10(14)16-12(17)8-4-7(13)2-3-9(8)18-6;1-7-5-16-6-11(14)15-12(16)9-4-8(13)2-3-10(9)17-7/h2-4,6H,5H2,1H3;2-4,6-7H,5H2,1H3. The lowest BCUT2D eigenvalue weighted by atomic mass is 10.2. The highest BCUT2D eigenvalue weighted by atomic mass is 127. The van der Waals surface area contributed by atoms with Gasteiger partial charge in [0, 0.05) is 15.1 Å². The lowest BCUT2D eigenvalue weighted by Gasteiger charge is -2.13. The number of nitrogens with zero attached hydrogens (tertiary/aromatic N) is 4. The molecule has 182 valence electrons. The maximum Gasteiger partial charge on any atom is 0.145 e. The van der Waals surface area contributed by atoms with Crippen LogP contribution in [0.15, 0.2) is 51.5 Å². The second-order valence-electron chi connectivity index (χ2n) is 8.31. The molecular weight excluding hydrogens is 917 g/mol. The highest BCUT2D eigenvalue weighted by molar-refractivity contribution is 14.1. The first-order valence-corrected chi connectivity index (χ1v) is 15.6. The number of rotatable bonds is 0. The van der Waals surface area contributed by atoms with Crippen molar-refractivity contribution in [3.8, 4) is 34.3 Å². The van der Waals surface area contributed by atoms with Crippen molar-refractivity contribution in [2.45, 2.75) is 39.1 Å². The van der Waals surface area contributed by atoms with Crippen molar-refractivity contribution in [2.24, 2.45) is 0 Å². The van der Waals surface area contributed by atoms with Crippen LogP contribution >= 0.6 is 99.6 Å². The zero-order chi connectivity index (χ0) is 24.9. The highest BCUT2D eigenvalue weighted by Crippen LogP contribution is 2.37. The van der Waals surface area contributed by atoms with Crippen LogP contribution in [0, 0.1) is 11.1 Å². The van der Waals surface area contributed by atoms with E-state index in [9.17, 15) is 0 Å². The maximum absolute atomic E-state index is 5.96. The van der Waals surface area contributed by atoms with Gasteiger partial charge in [-0.3, -0.25) is 0 Å². The van der Waals surface area contributed by atoms with E-state index >= 15 is 0 Å². The molecule has 0 aliphatic carbocycles. The molecule has 0 amide bonds.